The first kappa shape index (κ1) is 37.2. The van der Waals surface area contributed by atoms with E-state index in [1.165, 1.54) is 10.9 Å². The van der Waals surface area contributed by atoms with Gasteiger partial charge in [0.1, 0.15) is 11.5 Å². The van der Waals surface area contributed by atoms with Gasteiger partial charge in [-0.25, -0.2) is 0 Å². The second-order valence-corrected chi connectivity index (χ2v) is 15.1. The van der Waals surface area contributed by atoms with Gasteiger partial charge < -0.3 is 14.4 Å². The van der Waals surface area contributed by atoms with Gasteiger partial charge in [0, 0.05) is 41.0 Å². The summed E-state index contributed by atoms with van der Waals surface area (Å²) in [6.45, 7) is 8.76. The largest absolute Gasteiger partial charge is 0.497 e. The molecule has 0 spiro atoms. The summed E-state index contributed by atoms with van der Waals surface area (Å²) in [6, 6.07) is 51.3. The van der Waals surface area contributed by atoms with Crippen LogP contribution in [0.5, 0.6) is 11.5 Å². The molecule has 0 saturated carbocycles. The first-order valence-corrected chi connectivity index (χ1v) is 19.5. The SMILES string of the molecule is COc1cc(-c2cc(-c3ccccc3)c(C)cn2)cc(N(c2cc(OC)cc(-c3cc(-c4ccccc4)c(C)cn3)c2)c2ccc(CC(C)C)c3ccccc23)c1. The molecule has 6 aromatic carbocycles. The summed E-state index contributed by atoms with van der Waals surface area (Å²) in [7, 11) is 3.44. The Bertz CT molecular complexity index is 2550. The first-order valence-electron chi connectivity index (χ1n) is 19.5. The number of anilines is 3. The molecule has 0 amide bonds. The number of aryl methyl sites for hydroxylation is 2. The molecular formula is C52H47N3O2. The highest BCUT2D eigenvalue weighted by molar-refractivity contribution is 6.01. The lowest BCUT2D eigenvalue weighted by molar-refractivity contribution is 0.415. The van der Waals surface area contributed by atoms with E-state index in [4.69, 9.17) is 19.4 Å². The van der Waals surface area contributed by atoms with E-state index in [0.29, 0.717) is 5.92 Å². The van der Waals surface area contributed by atoms with Crippen LogP contribution in [-0.2, 0) is 6.42 Å². The monoisotopic (exact) mass is 745 g/mol. The minimum absolute atomic E-state index is 0.516. The third-order valence-corrected chi connectivity index (χ3v) is 10.6. The molecule has 282 valence electrons. The lowest BCUT2D eigenvalue weighted by Crippen LogP contribution is -2.12. The van der Waals surface area contributed by atoms with E-state index >= 15 is 0 Å². The Balaban J connectivity index is 1.36. The Morgan fingerprint density at radius 3 is 1.46 bits per heavy atom. The van der Waals surface area contributed by atoms with E-state index in [1.807, 2.05) is 24.5 Å². The van der Waals surface area contributed by atoms with Crippen molar-refractivity contribution in [3.63, 3.8) is 0 Å². The van der Waals surface area contributed by atoms with Crippen LogP contribution in [-0.4, -0.2) is 24.2 Å². The number of aromatic nitrogens is 2. The summed E-state index contributed by atoms with van der Waals surface area (Å²) in [5.41, 5.74) is 14.7. The van der Waals surface area contributed by atoms with Crippen molar-refractivity contribution in [3.05, 3.63) is 175 Å². The van der Waals surface area contributed by atoms with Crippen molar-refractivity contribution in [1.82, 2.24) is 9.97 Å². The predicted octanol–water partition coefficient (Wildman–Crippen LogP) is 13.6. The number of pyridine rings is 2. The van der Waals surface area contributed by atoms with Crippen molar-refractivity contribution in [1.29, 1.82) is 0 Å². The van der Waals surface area contributed by atoms with Crippen molar-refractivity contribution in [2.45, 2.75) is 34.1 Å². The van der Waals surface area contributed by atoms with Crippen LogP contribution in [0.4, 0.5) is 17.1 Å². The molecule has 0 saturated heterocycles. The first-order chi connectivity index (χ1) is 27.8. The Kier molecular flexibility index (Phi) is 10.6. The minimum Gasteiger partial charge on any atom is -0.497 e. The van der Waals surface area contributed by atoms with Crippen LogP contribution < -0.4 is 14.4 Å². The lowest BCUT2D eigenvalue weighted by atomic mass is 9.95. The van der Waals surface area contributed by atoms with Gasteiger partial charge in [0.25, 0.3) is 0 Å². The van der Waals surface area contributed by atoms with E-state index < -0.39 is 0 Å². The topological polar surface area (TPSA) is 47.5 Å². The number of methoxy groups -OCH3 is 2. The average molecular weight is 746 g/mol. The van der Waals surface area contributed by atoms with Gasteiger partial charge in [0.2, 0.25) is 0 Å². The maximum absolute atomic E-state index is 6.04. The average Bonchev–Trinajstić information content (AvgIpc) is 3.25. The molecule has 0 aliphatic carbocycles. The van der Waals surface area contributed by atoms with Crippen LogP contribution in [0, 0.1) is 19.8 Å². The Hall–Kier alpha value is -6.72. The fraction of sp³-hybridized carbons (Fsp3) is 0.154. The quantitative estimate of drug-likeness (QED) is 0.132. The van der Waals surface area contributed by atoms with Crippen LogP contribution in [0.1, 0.15) is 30.5 Å². The van der Waals surface area contributed by atoms with Crippen LogP contribution in [0.15, 0.2) is 158 Å². The third kappa shape index (κ3) is 7.74. The van der Waals surface area contributed by atoms with Crippen molar-refractivity contribution in [3.8, 4) is 56.3 Å². The highest BCUT2D eigenvalue weighted by Gasteiger charge is 2.22. The van der Waals surface area contributed by atoms with E-state index in [2.05, 4.69) is 166 Å². The Labute approximate surface area is 336 Å². The fourth-order valence-electron chi connectivity index (χ4n) is 7.76. The second-order valence-electron chi connectivity index (χ2n) is 15.1. The van der Waals surface area contributed by atoms with Crippen LogP contribution in [0.2, 0.25) is 0 Å². The van der Waals surface area contributed by atoms with Gasteiger partial charge in [-0.05, 0) is 113 Å². The molecule has 0 aliphatic rings. The molecule has 2 heterocycles. The molecule has 5 nitrogen and oxygen atoms in total. The molecule has 0 N–H and O–H groups in total. The molecule has 0 unspecified atom stereocenters. The van der Waals surface area contributed by atoms with Gasteiger partial charge >= 0.3 is 0 Å². The van der Waals surface area contributed by atoms with E-state index in [1.54, 1.807) is 14.2 Å². The molecule has 0 fully saturated rings. The van der Waals surface area contributed by atoms with Crippen molar-refractivity contribution in [2.24, 2.45) is 5.92 Å². The van der Waals surface area contributed by atoms with E-state index in [0.717, 1.165) is 96.3 Å². The Morgan fingerprint density at radius 2 is 0.982 bits per heavy atom. The molecule has 8 rings (SSSR count). The summed E-state index contributed by atoms with van der Waals surface area (Å²) in [5, 5.41) is 2.39. The number of nitrogens with zero attached hydrogens (tertiary/aromatic N) is 3. The van der Waals surface area contributed by atoms with Crippen LogP contribution in [0.3, 0.4) is 0 Å². The minimum atomic E-state index is 0.516. The molecule has 2 aromatic heterocycles. The maximum atomic E-state index is 6.04. The molecule has 0 radical (unpaired) electrons. The van der Waals surface area contributed by atoms with Crippen molar-refractivity contribution in [2.75, 3.05) is 19.1 Å². The van der Waals surface area contributed by atoms with Crippen LogP contribution >= 0.6 is 0 Å². The third-order valence-electron chi connectivity index (χ3n) is 10.6. The summed E-state index contributed by atoms with van der Waals surface area (Å²) in [6.07, 6.45) is 4.91. The molecule has 0 bridgehead atoms. The fourth-order valence-corrected chi connectivity index (χ4v) is 7.76. The second kappa shape index (κ2) is 16.2. The van der Waals surface area contributed by atoms with Gasteiger partial charge in [-0.15, -0.1) is 0 Å². The summed E-state index contributed by atoms with van der Waals surface area (Å²) in [4.78, 5) is 12.2. The van der Waals surface area contributed by atoms with Gasteiger partial charge in [-0.2, -0.15) is 0 Å². The molecule has 8 aromatic rings. The van der Waals surface area contributed by atoms with Gasteiger partial charge in [-0.3, -0.25) is 9.97 Å². The number of hydrogen-bond donors (Lipinski definition) is 0. The summed E-state index contributed by atoms with van der Waals surface area (Å²) < 4.78 is 12.1. The number of fused-ring (bicyclic) bond motifs is 1. The normalized spacial score (nSPS) is 11.2. The smallest absolute Gasteiger partial charge is 0.121 e. The predicted molar refractivity (Wildman–Crippen MR) is 237 cm³/mol. The van der Waals surface area contributed by atoms with Crippen molar-refractivity contribution >= 4 is 27.8 Å². The zero-order chi connectivity index (χ0) is 39.5. The summed E-state index contributed by atoms with van der Waals surface area (Å²) >= 11 is 0. The standard InChI is InChI=1S/C52H47N3O2/c1-34(2)23-39-21-22-52(47-20-14-13-19-46(39)47)55(42-24-40(26-44(28-42)56-5)50-30-48(35(3)32-53-50)37-15-9-7-10-16-37)43-25-41(27-45(29-43)57-6)51-31-49(36(4)33-54-51)38-17-11-8-12-18-38/h7-22,24-34H,23H2,1-6H3. The number of benzene rings is 6. The number of ether oxygens (including phenoxy) is 2. The highest BCUT2D eigenvalue weighted by atomic mass is 16.5. The highest BCUT2D eigenvalue weighted by Crippen LogP contribution is 2.45. The van der Waals surface area contributed by atoms with Gasteiger partial charge in [-0.1, -0.05) is 105 Å². The van der Waals surface area contributed by atoms with E-state index in [-0.39, 0.29) is 0 Å². The molecule has 57 heavy (non-hydrogen) atoms. The molecule has 5 heteroatoms. The number of hydrogen-bond acceptors (Lipinski definition) is 5. The molecule has 0 aliphatic heterocycles. The van der Waals surface area contributed by atoms with Crippen LogP contribution in [0.25, 0.3) is 55.5 Å². The van der Waals surface area contributed by atoms with Gasteiger partial charge in [0.05, 0.1) is 42.7 Å². The molecule has 0 atom stereocenters. The van der Waals surface area contributed by atoms with Gasteiger partial charge in [0.15, 0.2) is 0 Å². The zero-order valence-electron chi connectivity index (χ0n) is 33.5. The Morgan fingerprint density at radius 1 is 0.509 bits per heavy atom. The zero-order valence-corrected chi connectivity index (χ0v) is 33.5. The van der Waals surface area contributed by atoms with Crippen molar-refractivity contribution < 1.29 is 9.47 Å². The summed E-state index contributed by atoms with van der Waals surface area (Å²) in [5.74, 6) is 1.98. The molecular weight excluding hydrogens is 699 g/mol. The maximum Gasteiger partial charge on any atom is 0.121 e. The van der Waals surface area contributed by atoms with E-state index in [9.17, 15) is 0 Å². The lowest BCUT2D eigenvalue weighted by Gasteiger charge is -2.29. The number of rotatable bonds is 11.